The second-order valence-electron chi connectivity index (χ2n) is 6.42. The number of nitriles is 1. The molecule has 0 bridgehead atoms. The number of hydrogen-bond donors (Lipinski definition) is 1. The number of hydrogen-bond acceptors (Lipinski definition) is 4. The number of carbonyl (C=O) groups is 1. The molecule has 2 heterocycles. The molecule has 0 spiro atoms. The Morgan fingerprint density at radius 3 is 2.70 bits per heavy atom. The van der Waals surface area contributed by atoms with Gasteiger partial charge in [-0.15, -0.1) is 0 Å². The van der Waals surface area contributed by atoms with Crippen LogP contribution in [0.15, 0.2) is 34.9 Å². The summed E-state index contributed by atoms with van der Waals surface area (Å²) in [7, 11) is 0. The average Bonchev–Trinajstić information content (AvgIpc) is 3.04. The maximum absolute atomic E-state index is 12.2. The molecule has 0 aromatic heterocycles. The molecule has 5 nitrogen and oxygen atoms in total. The Morgan fingerprint density at radius 1 is 1.37 bits per heavy atom. The number of ether oxygens (including phenoxy) is 2. The molecule has 2 aliphatic rings. The molecule has 1 aromatic carbocycles. The molecule has 0 unspecified atom stereocenters. The van der Waals surface area contributed by atoms with Crippen molar-refractivity contribution in [1.82, 2.24) is 5.32 Å². The molecule has 1 fully saturated rings. The summed E-state index contributed by atoms with van der Waals surface area (Å²) in [4.78, 5) is 12.2. The lowest BCUT2D eigenvalue weighted by molar-refractivity contribution is -0.136. The van der Waals surface area contributed by atoms with Crippen LogP contribution < -0.4 is 10.1 Å². The van der Waals surface area contributed by atoms with E-state index in [0.29, 0.717) is 5.75 Å². The SMILES string of the molecule is N#CC1=C(Cl)[C@@H]2COC[C@]2(c2ccc(OCCCC(F)(F)F)cc2)NC1=O. The summed E-state index contributed by atoms with van der Waals surface area (Å²) in [6.45, 7) is 0.413. The number of fused-ring (bicyclic) bond motifs is 1. The first kappa shape index (κ1) is 19.5. The predicted molar refractivity (Wildman–Crippen MR) is 89.8 cm³/mol. The Balaban J connectivity index is 1.74. The summed E-state index contributed by atoms with van der Waals surface area (Å²) in [6, 6.07) is 8.48. The van der Waals surface area contributed by atoms with Crippen LogP contribution >= 0.6 is 11.6 Å². The van der Waals surface area contributed by atoms with E-state index in [0.717, 1.165) is 5.56 Å². The van der Waals surface area contributed by atoms with Crippen LogP contribution in [0, 0.1) is 17.2 Å². The zero-order chi connectivity index (χ0) is 19.7. The number of benzene rings is 1. The van der Waals surface area contributed by atoms with Crippen molar-refractivity contribution < 1.29 is 27.4 Å². The highest BCUT2D eigenvalue weighted by atomic mass is 35.5. The Bertz CT molecular complexity index is 802. The fraction of sp³-hybridized carbons (Fsp3) is 0.444. The third kappa shape index (κ3) is 3.89. The Hall–Kier alpha value is -2.24. The van der Waals surface area contributed by atoms with Gasteiger partial charge in [0.05, 0.1) is 25.4 Å². The summed E-state index contributed by atoms with van der Waals surface area (Å²) >= 11 is 6.27. The summed E-state index contributed by atoms with van der Waals surface area (Å²) in [6.07, 6.45) is -5.22. The van der Waals surface area contributed by atoms with Crippen LogP contribution in [0.4, 0.5) is 13.2 Å². The smallest absolute Gasteiger partial charge is 0.389 e. The molecule has 1 amide bonds. The van der Waals surface area contributed by atoms with Crippen molar-refractivity contribution in [3.8, 4) is 11.8 Å². The minimum absolute atomic E-state index is 0.0490. The molecule has 0 aliphatic carbocycles. The van der Waals surface area contributed by atoms with Crippen molar-refractivity contribution in [2.24, 2.45) is 5.92 Å². The van der Waals surface area contributed by atoms with E-state index in [4.69, 9.17) is 26.3 Å². The van der Waals surface area contributed by atoms with E-state index in [1.54, 1.807) is 24.3 Å². The minimum Gasteiger partial charge on any atom is -0.494 e. The summed E-state index contributed by atoms with van der Waals surface area (Å²) < 4.78 is 47.3. The van der Waals surface area contributed by atoms with Crippen LogP contribution in [0.3, 0.4) is 0 Å². The van der Waals surface area contributed by atoms with Crippen LogP contribution in [0.1, 0.15) is 18.4 Å². The van der Waals surface area contributed by atoms with Crippen molar-refractivity contribution in [3.63, 3.8) is 0 Å². The number of amides is 1. The van der Waals surface area contributed by atoms with Gasteiger partial charge in [-0.05, 0) is 24.1 Å². The van der Waals surface area contributed by atoms with Gasteiger partial charge in [-0.2, -0.15) is 18.4 Å². The molecule has 1 aromatic rings. The van der Waals surface area contributed by atoms with Gasteiger partial charge in [0.2, 0.25) is 0 Å². The number of halogens is 4. The third-order valence-electron chi connectivity index (χ3n) is 4.67. The lowest BCUT2D eigenvalue weighted by Crippen LogP contribution is -2.54. The number of carbonyl (C=O) groups excluding carboxylic acids is 1. The Kier molecular flexibility index (Phi) is 5.36. The molecule has 2 atom stereocenters. The maximum atomic E-state index is 12.2. The molecule has 0 radical (unpaired) electrons. The van der Waals surface area contributed by atoms with Crippen LogP contribution in [0.25, 0.3) is 0 Å². The number of rotatable bonds is 5. The molecule has 2 aliphatic heterocycles. The monoisotopic (exact) mass is 400 g/mol. The summed E-state index contributed by atoms with van der Waals surface area (Å²) in [5.41, 5.74) is -0.285. The van der Waals surface area contributed by atoms with E-state index >= 15 is 0 Å². The minimum atomic E-state index is -4.20. The quantitative estimate of drug-likeness (QED) is 0.769. The fourth-order valence-electron chi connectivity index (χ4n) is 3.31. The van der Waals surface area contributed by atoms with E-state index in [9.17, 15) is 18.0 Å². The third-order valence-corrected chi connectivity index (χ3v) is 5.12. The summed E-state index contributed by atoms with van der Waals surface area (Å²) in [5.74, 6) is -0.518. The highest BCUT2D eigenvalue weighted by Crippen LogP contribution is 2.45. The van der Waals surface area contributed by atoms with Crippen LogP contribution in [0.2, 0.25) is 0 Å². The first-order valence-electron chi connectivity index (χ1n) is 8.27. The highest BCUT2D eigenvalue weighted by molar-refractivity contribution is 6.33. The van der Waals surface area contributed by atoms with Gasteiger partial charge < -0.3 is 14.8 Å². The first-order valence-corrected chi connectivity index (χ1v) is 8.65. The fourth-order valence-corrected chi connectivity index (χ4v) is 3.69. The van der Waals surface area contributed by atoms with Crippen molar-refractivity contribution in [1.29, 1.82) is 5.26 Å². The van der Waals surface area contributed by atoms with Gasteiger partial charge in [-0.25, -0.2) is 0 Å². The molecule has 0 saturated carbocycles. The molecular weight excluding hydrogens is 385 g/mol. The van der Waals surface area contributed by atoms with Gasteiger partial charge in [0, 0.05) is 17.4 Å². The molecular formula is C18H16ClF3N2O3. The second-order valence-corrected chi connectivity index (χ2v) is 6.83. The normalized spacial score (nSPS) is 25.0. The van der Waals surface area contributed by atoms with Gasteiger partial charge in [0.15, 0.2) is 0 Å². The molecule has 144 valence electrons. The van der Waals surface area contributed by atoms with Crippen LogP contribution in [0.5, 0.6) is 5.75 Å². The zero-order valence-corrected chi connectivity index (χ0v) is 14.9. The lowest BCUT2D eigenvalue weighted by Gasteiger charge is -2.38. The second kappa shape index (κ2) is 7.41. The topological polar surface area (TPSA) is 71.3 Å². The van der Waals surface area contributed by atoms with Gasteiger partial charge in [-0.1, -0.05) is 23.7 Å². The first-order chi connectivity index (χ1) is 12.8. The van der Waals surface area contributed by atoms with Crippen LogP contribution in [-0.4, -0.2) is 31.9 Å². The molecule has 1 saturated heterocycles. The molecule has 3 rings (SSSR count). The van der Waals surface area contributed by atoms with Gasteiger partial charge in [-0.3, -0.25) is 4.79 Å². The van der Waals surface area contributed by atoms with Gasteiger partial charge in [0.1, 0.15) is 17.4 Å². The molecule has 27 heavy (non-hydrogen) atoms. The number of nitrogens with zero attached hydrogens (tertiary/aromatic N) is 1. The largest absolute Gasteiger partial charge is 0.494 e. The van der Waals surface area contributed by atoms with Gasteiger partial charge >= 0.3 is 6.18 Å². The van der Waals surface area contributed by atoms with Gasteiger partial charge in [0.25, 0.3) is 5.91 Å². The maximum Gasteiger partial charge on any atom is 0.389 e. The standard InChI is InChI=1S/C18H16ClF3N2O3/c19-15-13(8-23)16(25)24-17(10-26-9-14(15)17)11-2-4-12(5-3-11)27-7-1-6-18(20,21)22/h2-5,14H,1,6-7,9-10H2,(H,24,25)/t14-,17+/m0/s1. The highest BCUT2D eigenvalue weighted by Gasteiger charge is 2.52. The van der Waals surface area contributed by atoms with Crippen molar-refractivity contribution in [2.45, 2.75) is 24.6 Å². The van der Waals surface area contributed by atoms with Crippen molar-refractivity contribution >= 4 is 17.5 Å². The Morgan fingerprint density at radius 2 is 2.07 bits per heavy atom. The molecule has 1 N–H and O–H groups in total. The number of alkyl halides is 3. The van der Waals surface area contributed by atoms with E-state index in [2.05, 4.69) is 5.32 Å². The van der Waals surface area contributed by atoms with E-state index in [1.165, 1.54) is 0 Å². The van der Waals surface area contributed by atoms with Crippen molar-refractivity contribution in [2.75, 3.05) is 19.8 Å². The molecule has 9 heteroatoms. The van der Waals surface area contributed by atoms with Crippen LogP contribution in [-0.2, 0) is 15.1 Å². The van der Waals surface area contributed by atoms with E-state index in [-0.39, 0.29) is 42.8 Å². The van der Waals surface area contributed by atoms with Crippen molar-refractivity contribution in [3.05, 3.63) is 40.4 Å². The average molecular weight is 401 g/mol. The number of nitrogens with one attached hydrogen (secondary N) is 1. The summed E-state index contributed by atoms with van der Waals surface area (Å²) in [5, 5.41) is 12.1. The predicted octanol–water partition coefficient (Wildman–Crippen LogP) is 3.40. The van der Waals surface area contributed by atoms with E-state index < -0.39 is 24.0 Å². The van der Waals surface area contributed by atoms with E-state index in [1.807, 2.05) is 6.07 Å². The zero-order valence-electron chi connectivity index (χ0n) is 14.1. The Labute approximate surface area is 158 Å². The lowest BCUT2D eigenvalue weighted by atomic mass is 9.77.